The van der Waals surface area contributed by atoms with Crippen LogP contribution in [0.15, 0.2) is 30.3 Å². The Balaban J connectivity index is 1.50. The van der Waals surface area contributed by atoms with E-state index in [0.29, 0.717) is 15.9 Å². The molecule has 0 fully saturated rings. The Morgan fingerprint density at radius 1 is 1.35 bits per heavy atom. The standard InChI is InChI=1S/C21H20ClNO2S/c1-12-4-6-18-15(7-12)10-19(26-18)21(24)25-11-16-9-14-5-3-13(2)8-17(14)23-20(16)22/h3,5,8-10,12H,4,6-7,11H2,1-2H3/t12-/m1/s1. The first-order chi connectivity index (χ1) is 12.5. The lowest BCUT2D eigenvalue weighted by atomic mass is 9.90. The molecule has 0 N–H and O–H groups in total. The molecule has 0 saturated heterocycles. The lowest BCUT2D eigenvalue weighted by molar-refractivity contribution is 0.0478. The van der Waals surface area contributed by atoms with Gasteiger partial charge in [0.2, 0.25) is 0 Å². The maximum absolute atomic E-state index is 12.5. The van der Waals surface area contributed by atoms with Crippen molar-refractivity contribution in [2.24, 2.45) is 5.92 Å². The second kappa shape index (κ2) is 7.01. The molecule has 1 aromatic carbocycles. The maximum Gasteiger partial charge on any atom is 0.348 e. The van der Waals surface area contributed by atoms with Crippen molar-refractivity contribution in [3.8, 4) is 0 Å². The molecular weight excluding hydrogens is 366 g/mol. The first-order valence-corrected chi connectivity index (χ1v) is 10.0. The predicted molar refractivity (Wildman–Crippen MR) is 106 cm³/mol. The van der Waals surface area contributed by atoms with Gasteiger partial charge in [0, 0.05) is 15.8 Å². The summed E-state index contributed by atoms with van der Waals surface area (Å²) in [6, 6.07) is 9.98. The normalized spacial score (nSPS) is 16.5. The van der Waals surface area contributed by atoms with Crippen molar-refractivity contribution in [1.82, 2.24) is 4.98 Å². The first-order valence-electron chi connectivity index (χ1n) is 8.84. The van der Waals surface area contributed by atoms with E-state index in [0.717, 1.165) is 34.9 Å². The number of rotatable bonds is 3. The molecule has 2 heterocycles. The van der Waals surface area contributed by atoms with E-state index in [1.165, 1.54) is 16.9 Å². The minimum atomic E-state index is -0.280. The van der Waals surface area contributed by atoms with Crippen molar-refractivity contribution >= 4 is 39.8 Å². The minimum Gasteiger partial charge on any atom is -0.457 e. The Labute approximate surface area is 162 Å². The van der Waals surface area contributed by atoms with Gasteiger partial charge in [-0.1, -0.05) is 30.7 Å². The summed E-state index contributed by atoms with van der Waals surface area (Å²) in [5.41, 5.74) is 4.02. The third-order valence-electron chi connectivity index (χ3n) is 4.89. The molecule has 0 bridgehead atoms. The quantitative estimate of drug-likeness (QED) is 0.426. The summed E-state index contributed by atoms with van der Waals surface area (Å²) in [7, 11) is 0. The van der Waals surface area contributed by atoms with Gasteiger partial charge in [0.05, 0.1) is 5.52 Å². The Kier molecular flexibility index (Phi) is 4.72. The zero-order chi connectivity index (χ0) is 18.3. The fourth-order valence-electron chi connectivity index (χ4n) is 3.42. The summed E-state index contributed by atoms with van der Waals surface area (Å²) in [6.07, 6.45) is 3.31. The molecule has 0 unspecified atom stereocenters. The number of hydrogen-bond acceptors (Lipinski definition) is 4. The van der Waals surface area contributed by atoms with E-state index in [-0.39, 0.29) is 12.6 Å². The van der Waals surface area contributed by atoms with E-state index in [1.54, 1.807) is 11.3 Å². The zero-order valence-corrected chi connectivity index (χ0v) is 16.4. The molecule has 4 rings (SSSR count). The van der Waals surface area contributed by atoms with Gasteiger partial charge in [0.1, 0.15) is 16.6 Å². The van der Waals surface area contributed by atoms with E-state index in [4.69, 9.17) is 16.3 Å². The molecule has 0 spiro atoms. The second-order valence-corrected chi connectivity index (χ2v) is 8.61. The van der Waals surface area contributed by atoms with Crippen LogP contribution in [0.25, 0.3) is 10.9 Å². The van der Waals surface area contributed by atoms with E-state index in [1.807, 2.05) is 37.3 Å². The van der Waals surface area contributed by atoms with E-state index < -0.39 is 0 Å². The zero-order valence-electron chi connectivity index (χ0n) is 14.8. The second-order valence-electron chi connectivity index (χ2n) is 7.12. The molecule has 1 aliphatic carbocycles. The van der Waals surface area contributed by atoms with Crippen molar-refractivity contribution in [2.75, 3.05) is 0 Å². The molecule has 26 heavy (non-hydrogen) atoms. The van der Waals surface area contributed by atoms with Crippen LogP contribution in [0, 0.1) is 12.8 Å². The van der Waals surface area contributed by atoms with Crippen LogP contribution in [0.3, 0.4) is 0 Å². The van der Waals surface area contributed by atoms with Crippen molar-refractivity contribution < 1.29 is 9.53 Å². The highest BCUT2D eigenvalue weighted by Crippen LogP contribution is 2.32. The Morgan fingerprint density at radius 2 is 2.19 bits per heavy atom. The van der Waals surface area contributed by atoms with E-state index in [2.05, 4.69) is 11.9 Å². The van der Waals surface area contributed by atoms with Gasteiger partial charge in [-0.2, -0.15) is 0 Å². The molecule has 0 radical (unpaired) electrons. The number of hydrogen-bond donors (Lipinski definition) is 0. The largest absolute Gasteiger partial charge is 0.457 e. The number of aromatic nitrogens is 1. The van der Waals surface area contributed by atoms with Crippen LogP contribution >= 0.6 is 22.9 Å². The molecule has 1 aliphatic rings. The van der Waals surface area contributed by atoms with E-state index in [9.17, 15) is 4.79 Å². The van der Waals surface area contributed by atoms with Gasteiger partial charge in [0.15, 0.2) is 0 Å². The number of benzene rings is 1. The minimum absolute atomic E-state index is 0.132. The number of pyridine rings is 1. The van der Waals surface area contributed by atoms with Gasteiger partial charge in [-0.3, -0.25) is 0 Å². The highest BCUT2D eigenvalue weighted by molar-refractivity contribution is 7.14. The van der Waals surface area contributed by atoms with Gasteiger partial charge < -0.3 is 4.74 Å². The number of fused-ring (bicyclic) bond motifs is 2. The third kappa shape index (κ3) is 3.49. The number of aryl methyl sites for hydroxylation is 2. The highest BCUT2D eigenvalue weighted by Gasteiger charge is 2.21. The third-order valence-corrected chi connectivity index (χ3v) is 6.43. The monoisotopic (exact) mass is 385 g/mol. The lowest BCUT2D eigenvalue weighted by Gasteiger charge is -2.16. The van der Waals surface area contributed by atoms with Crippen LogP contribution in [-0.4, -0.2) is 11.0 Å². The van der Waals surface area contributed by atoms with Gasteiger partial charge in [-0.25, -0.2) is 9.78 Å². The summed E-state index contributed by atoms with van der Waals surface area (Å²) in [4.78, 5) is 18.9. The average molecular weight is 386 g/mol. The van der Waals surface area contributed by atoms with Crippen molar-refractivity contribution in [2.45, 2.75) is 39.7 Å². The fourth-order valence-corrected chi connectivity index (χ4v) is 4.72. The molecule has 0 amide bonds. The molecule has 0 aliphatic heterocycles. The number of halogens is 1. The lowest BCUT2D eigenvalue weighted by Crippen LogP contribution is -2.08. The Hall–Kier alpha value is -1.91. The van der Waals surface area contributed by atoms with Crippen LogP contribution in [0.4, 0.5) is 0 Å². The van der Waals surface area contributed by atoms with Gasteiger partial charge in [0.25, 0.3) is 0 Å². The summed E-state index contributed by atoms with van der Waals surface area (Å²) in [5.74, 6) is 0.407. The molecule has 3 nitrogen and oxygen atoms in total. The Bertz CT molecular complexity index is 995. The number of nitrogens with zero attached hydrogens (tertiary/aromatic N) is 1. The molecule has 0 saturated carbocycles. The summed E-state index contributed by atoms with van der Waals surface area (Å²) in [6.45, 7) is 4.41. The van der Waals surface area contributed by atoms with Crippen molar-refractivity contribution in [3.63, 3.8) is 0 Å². The van der Waals surface area contributed by atoms with Gasteiger partial charge >= 0.3 is 5.97 Å². The molecule has 3 aromatic rings. The van der Waals surface area contributed by atoms with Crippen molar-refractivity contribution in [1.29, 1.82) is 0 Å². The van der Waals surface area contributed by atoms with Crippen LogP contribution < -0.4 is 0 Å². The van der Waals surface area contributed by atoms with Gasteiger partial charge in [-0.15, -0.1) is 11.3 Å². The summed E-state index contributed by atoms with van der Waals surface area (Å²) in [5, 5.41) is 1.38. The molecule has 1 atom stereocenters. The van der Waals surface area contributed by atoms with Crippen LogP contribution in [0.5, 0.6) is 0 Å². The predicted octanol–water partition coefficient (Wildman–Crippen LogP) is 5.74. The summed E-state index contributed by atoms with van der Waals surface area (Å²) >= 11 is 7.85. The number of ether oxygens (including phenoxy) is 1. The van der Waals surface area contributed by atoms with Crippen LogP contribution in [0.2, 0.25) is 5.15 Å². The number of thiophene rings is 1. The number of carbonyl (C=O) groups is 1. The van der Waals surface area contributed by atoms with Crippen LogP contribution in [-0.2, 0) is 24.2 Å². The summed E-state index contributed by atoms with van der Waals surface area (Å²) < 4.78 is 5.52. The van der Waals surface area contributed by atoms with Crippen molar-refractivity contribution in [3.05, 3.63) is 61.9 Å². The van der Waals surface area contributed by atoms with Gasteiger partial charge in [-0.05, 0) is 61.4 Å². The molecule has 5 heteroatoms. The molecular formula is C21H20ClNO2S. The maximum atomic E-state index is 12.5. The Morgan fingerprint density at radius 3 is 3.04 bits per heavy atom. The SMILES string of the molecule is Cc1ccc2cc(COC(=O)c3cc4c(s3)CC[C@@H](C)C4)c(Cl)nc2c1. The smallest absolute Gasteiger partial charge is 0.348 e. The fraction of sp³-hybridized carbons (Fsp3) is 0.333. The van der Waals surface area contributed by atoms with Crippen LogP contribution in [0.1, 0.15) is 44.6 Å². The highest BCUT2D eigenvalue weighted by atomic mass is 35.5. The number of esters is 1. The first kappa shape index (κ1) is 17.5. The molecule has 134 valence electrons. The average Bonchev–Trinajstić information content (AvgIpc) is 3.03. The topological polar surface area (TPSA) is 39.2 Å². The molecule has 2 aromatic heterocycles. The number of carbonyl (C=O) groups excluding carboxylic acids is 1. The van der Waals surface area contributed by atoms with E-state index >= 15 is 0 Å².